The van der Waals surface area contributed by atoms with E-state index in [0.717, 1.165) is 28.2 Å². The van der Waals surface area contributed by atoms with Gasteiger partial charge in [-0.05, 0) is 54.1 Å². The highest BCUT2D eigenvalue weighted by molar-refractivity contribution is 7.10. The lowest BCUT2D eigenvalue weighted by Gasteiger charge is -2.29. The number of rotatable bonds is 6. The fourth-order valence-corrected chi connectivity index (χ4v) is 4.50. The molecular formula is C21H22N4O4S. The van der Waals surface area contributed by atoms with Crippen LogP contribution in [-0.4, -0.2) is 38.9 Å². The number of benzene rings is 1. The Labute approximate surface area is 177 Å². The Morgan fingerprint density at radius 1 is 1.30 bits per heavy atom. The van der Waals surface area contributed by atoms with Gasteiger partial charge in [0.05, 0.1) is 5.69 Å². The zero-order chi connectivity index (χ0) is 21.3. The van der Waals surface area contributed by atoms with Crippen molar-refractivity contribution in [2.24, 2.45) is 0 Å². The first-order valence-corrected chi connectivity index (χ1v) is 10.7. The topological polar surface area (TPSA) is 108 Å². The minimum atomic E-state index is -0.621. The van der Waals surface area contributed by atoms with Gasteiger partial charge < -0.3 is 10.2 Å². The number of imide groups is 1. The van der Waals surface area contributed by atoms with Gasteiger partial charge in [0.25, 0.3) is 5.91 Å². The predicted molar refractivity (Wildman–Crippen MR) is 111 cm³/mol. The number of amides is 4. The SMILES string of the molecule is CCc1cc(NC(=O)CCc2ccc3c(c2)C(=O)N(C2CCC(=O)NC2=O)C3)sn1. The number of aromatic nitrogens is 1. The molecule has 9 heteroatoms. The maximum Gasteiger partial charge on any atom is 0.255 e. The van der Waals surface area contributed by atoms with Crippen LogP contribution in [0.15, 0.2) is 24.3 Å². The average Bonchev–Trinajstić information content (AvgIpc) is 3.31. The van der Waals surface area contributed by atoms with E-state index in [9.17, 15) is 19.2 Å². The van der Waals surface area contributed by atoms with Crippen LogP contribution in [0.2, 0.25) is 0 Å². The summed E-state index contributed by atoms with van der Waals surface area (Å²) in [5.74, 6) is -1.02. The van der Waals surface area contributed by atoms with Gasteiger partial charge >= 0.3 is 0 Å². The van der Waals surface area contributed by atoms with Crippen molar-refractivity contribution in [2.75, 3.05) is 5.32 Å². The molecule has 0 radical (unpaired) electrons. The highest BCUT2D eigenvalue weighted by Crippen LogP contribution is 2.28. The summed E-state index contributed by atoms with van der Waals surface area (Å²) in [5, 5.41) is 5.90. The number of nitrogens with zero attached hydrogens (tertiary/aromatic N) is 2. The molecule has 2 aliphatic heterocycles. The van der Waals surface area contributed by atoms with Gasteiger partial charge in [-0.3, -0.25) is 24.5 Å². The summed E-state index contributed by atoms with van der Waals surface area (Å²) in [4.78, 5) is 50.1. The van der Waals surface area contributed by atoms with Crippen LogP contribution in [-0.2, 0) is 33.8 Å². The van der Waals surface area contributed by atoms with Gasteiger partial charge in [0.15, 0.2) is 0 Å². The van der Waals surface area contributed by atoms with Crippen LogP contribution in [0.4, 0.5) is 5.00 Å². The van der Waals surface area contributed by atoms with Gasteiger partial charge in [-0.15, -0.1) is 0 Å². The number of carbonyl (C=O) groups excluding carboxylic acids is 4. The normalized spacial score (nSPS) is 18.4. The van der Waals surface area contributed by atoms with Gasteiger partial charge in [0, 0.05) is 24.9 Å². The number of piperidine rings is 1. The summed E-state index contributed by atoms with van der Waals surface area (Å²) in [7, 11) is 0. The summed E-state index contributed by atoms with van der Waals surface area (Å²) >= 11 is 1.27. The maximum atomic E-state index is 12.9. The molecule has 3 heterocycles. The molecule has 2 aromatic rings. The summed E-state index contributed by atoms with van der Waals surface area (Å²) in [6.07, 6.45) is 2.20. The molecule has 0 bridgehead atoms. The summed E-state index contributed by atoms with van der Waals surface area (Å²) < 4.78 is 4.25. The molecule has 1 aromatic carbocycles. The number of anilines is 1. The molecule has 0 saturated carbocycles. The molecule has 1 atom stereocenters. The molecule has 30 heavy (non-hydrogen) atoms. The third-order valence-corrected chi connectivity index (χ3v) is 6.16. The first-order valence-electron chi connectivity index (χ1n) is 9.96. The first kappa shape index (κ1) is 20.2. The van der Waals surface area contributed by atoms with Crippen LogP contribution in [0, 0.1) is 0 Å². The fourth-order valence-electron chi connectivity index (χ4n) is 3.75. The van der Waals surface area contributed by atoms with Crippen LogP contribution in [0.3, 0.4) is 0 Å². The Morgan fingerprint density at radius 3 is 2.87 bits per heavy atom. The van der Waals surface area contributed by atoms with E-state index in [1.54, 1.807) is 6.07 Å². The molecule has 1 unspecified atom stereocenters. The van der Waals surface area contributed by atoms with E-state index in [1.807, 2.05) is 25.1 Å². The molecule has 1 aromatic heterocycles. The molecule has 1 fully saturated rings. The van der Waals surface area contributed by atoms with Crippen molar-refractivity contribution in [3.8, 4) is 0 Å². The monoisotopic (exact) mass is 426 g/mol. The van der Waals surface area contributed by atoms with Crippen LogP contribution in [0.1, 0.15) is 53.4 Å². The molecule has 156 valence electrons. The second-order valence-electron chi connectivity index (χ2n) is 7.48. The third-order valence-electron chi connectivity index (χ3n) is 5.42. The largest absolute Gasteiger partial charge is 0.322 e. The van der Waals surface area contributed by atoms with Crippen LogP contribution < -0.4 is 10.6 Å². The van der Waals surface area contributed by atoms with Gasteiger partial charge in [-0.1, -0.05) is 19.1 Å². The molecule has 0 spiro atoms. The van der Waals surface area contributed by atoms with Crippen LogP contribution >= 0.6 is 11.5 Å². The standard InChI is InChI=1S/C21H22N4O4S/c1-2-14-10-19(30-24-14)22-17(26)7-4-12-3-5-13-11-25(21(29)15(13)9-12)16-6-8-18(27)23-20(16)28/h3,5,9-10,16H,2,4,6-8,11H2,1H3,(H,22,26)(H,23,27,28). The van der Waals surface area contributed by atoms with Gasteiger partial charge in [-0.2, -0.15) is 4.37 Å². The van der Waals surface area contributed by atoms with Crippen molar-refractivity contribution in [3.63, 3.8) is 0 Å². The Morgan fingerprint density at radius 2 is 2.13 bits per heavy atom. The molecule has 2 N–H and O–H groups in total. The summed E-state index contributed by atoms with van der Waals surface area (Å²) in [5.41, 5.74) is 3.26. The second kappa shape index (κ2) is 8.35. The van der Waals surface area contributed by atoms with Gasteiger partial charge in [0.2, 0.25) is 17.7 Å². The number of hydrogen-bond donors (Lipinski definition) is 2. The average molecular weight is 426 g/mol. The van der Waals surface area contributed by atoms with Crippen molar-refractivity contribution in [3.05, 3.63) is 46.6 Å². The van der Waals surface area contributed by atoms with E-state index in [1.165, 1.54) is 16.4 Å². The molecule has 4 amide bonds. The zero-order valence-electron chi connectivity index (χ0n) is 16.6. The van der Waals surface area contributed by atoms with Gasteiger partial charge in [-0.25, -0.2) is 0 Å². The Kier molecular flexibility index (Phi) is 5.63. The van der Waals surface area contributed by atoms with Crippen molar-refractivity contribution in [1.82, 2.24) is 14.6 Å². The number of fused-ring (bicyclic) bond motifs is 1. The van der Waals surface area contributed by atoms with Gasteiger partial charge in [0.1, 0.15) is 11.0 Å². The lowest BCUT2D eigenvalue weighted by atomic mass is 10.0. The minimum absolute atomic E-state index is 0.0988. The van der Waals surface area contributed by atoms with E-state index in [0.29, 0.717) is 31.4 Å². The Balaban J connectivity index is 1.37. The summed E-state index contributed by atoms with van der Waals surface area (Å²) in [6.45, 7) is 2.36. The lowest BCUT2D eigenvalue weighted by molar-refractivity contribution is -0.137. The molecule has 0 aliphatic carbocycles. The van der Waals surface area contributed by atoms with Crippen LogP contribution in [0.5, 0.6) is 0 Å². The lowest BCUT2D eigenvalue weighted by Crippen LogP contribution is -2.52. The van der Waals surface area contributed by atoms with E-state index in [2.05, 4.69) is 15.0 Å². The Hall–Kier alpha value is -3.07. The highest BCUT2D eigenvalue weighted by Gasteiger charge is 2.39. The fraction of sp³-hybridized carbons (Fsp3) is 0.381. The van der Waals surface area contributed by atoms with Crippen molar-refractivity contribution >= 4 is 40.2 Å². The van der Waals surface area contributed by atoms with E-state index >= 15 is 0 Å². The first-order chi connectivity index (χ1) is 14.4. The molecular weight excluding hydrogens is 404 g/mol. The van der Waals surface area contributed by atoms with E-state index in [-0.39, 0.29) is 24.1 Å². The number of nitrogens with one attached hydrogen (secondary N) is 2. The maximum absolute atomic E-state index is 12.9. The van der Waals surface area contributed by atoms with Crippen LogP contribution in [0.25, 0.3) is 0 Å². The summed E-state index contributed by atoms with van der Waals surface area (Å²) in [6, 6.07) is 6.85. The zero-order valence-corrected chi connectivity index (χ0v) is 17.4. The Bertz CT molecular complexity index is 1030. The van der Waals surface area contributed by atoms with Crippen molar-refractivity contribution < 1.29 is 19.2 Å². The van der Waals surface area contributed by atoms with Crippen molar-refractivity contribution in [2.45, 2.75) is 51.6 Å². The molecule has 4 rings (SSSR count). The quantitative estimate of drug-likeness (QED) is 0.687. The minimum Gasteiger partial charge on any atom is -0.322 e. The third kappa shape index (κ3) is 4.11. The molecule has 2 aliphatic rings. The van der Waals surface area contributed by atoms with E-state index < -0.39 is 11.9 Å². The molecule has 8 nitrogen and oxygen atoms in total. The number of hydrogen-bond acceptors (Lipinski definition) is 6. The number of carbonyl (C=O) groups is 4. The predicted octanol–water partition coefficient (Wildman–Crippen LogP) is 2.04. The molecule has 1 saturated heterocycles. The second-order valence-corrected chi connectivity index (χ2v) is 8.28. The number of aryl methyl sites for hydroxylation is 2. The van der Waals surface area contributed by atoms with Crippen molar-refractivity contribution in [1.29, 1.82) is 0 Å². The smallest absolute Gasteiger partial charge is 0.255 e. The van der Waals surface area contributed by atoms with E-state index in [4.69, 9.17) is 0 Å². The highest BCUT2D eigenvalue weighted by atomic mass is 32.1.